The van der Waals surface area contributed by atoms with Gasteiger partial charge in [-0.2, -0.15) is 0 Å². The number of imidazole rings is 1. The summed E-state index contributed by atoms with van der Waals surface area (Å²) in [6.07, 6.45) is 5.76. The molecule has 3 nitrogen and oxygen atoms in total. The number of halogens is 1. The van der Waals surface area contributed by atoms with E-state index in [9.17, 15) is 0 Å². The minimum atomic E-state index is 0.247. The van der Waals surface area contributed by atoms with Crippen LogP contribution in [0.15, 0.2) is 12.4 Å². The minimum absolute atomic E-state index is 0.247. The van der Waals surface area contributed by atoms with Crippen LogP contribution in [0.4, 0.5) is 0 Å². The number of rotatable bonds is 6. The molecule has 1 atom stereocenters. The Balaban J connectivity index is 2.13. The van der Waals surface area contributed by atoms with Gasteiger partial charge in [0.05, 0.1) is 0 Å². The quantitative estimate of drug-likeness (QED) is 0.577. The summed E-state index contributed by atoms with van der Waals surface area (Å²) in [5, 5.41) is 3.56. The monoisotopic (exact) mass is 215 g/mol. The van der Waals surface area contributed by atoms with Gasteiger partial charge < -0.3 is 9.88 Å². The van der Waals surface area contributed by atoms with E-state index in [0.29, 0.717) is 0 Å². The van der Waals surface area contributed by atoms with Crippen molar-refractivity contribution < 1.29 is 0 Å². The van der Waals surface area contributed by atoms with E-state index in [-0.39, 0.29) is 5.38 Å². The molecule has 0 aliphatic heterocycles. The summed E-state index contributed by atoms with van der Waals surface area (Å²) in [5.74, 6) is 1.11. The highest BCUT2D eigenvalue weighted by Crippen LogP contribution is 1.98. The fourth-order valence-corrected chi connectivity index (χ4v) is 1.35. The molecule has 0 saturated heterocycles. The second-order valence-corrected chi connectivity index (χ2v) is 4.03. The van der Waals surface area contributed by atoms with E-state index >= 15 is 0 Å². The maximum atomic E-state index is 5.97. The number of hydrogen-bond donors (Lipinski definition) is 1. The molecule has 1 aromatic rings. The van der Waals surface area contributed by atoms with E-state index < -0.39 is 0 Å². The smallest absolute Gasteiger partial charge is 0.109 e. The van der Waals surface area contributed by atoms with Crippen LogP contribution in [0.5, 0.6) is 0 Å². The number of nitrogens with one attached hydrogen (secondary N) is 1. The highest BCUT2D eigenvalue weighted by molar-refractivity contribution is 6.20. The molecule has 1 N–H and O–H groups in total. The third kappa shape index (κ3) is 3.68. The normalized spacial score (nSPS) is 13.1. The summed E-state index contributed by atoms with van der Waals surface area (Å²) in [5.41, 5.74) is 0. The second-order valence-electron chi connectivity index (χ2n) is 3.41. The standard InChI is InChI=1S/C10H18ClN3/c1-3-9(11)8-12-5-4-10-13-6-7-14(10)2/h6-7,9,12H,3-5,8H2,1-2H3. The molecule has 14 heavy (non-hydrogen) atoms. The van der Waals surface area contributed by atoms with Crippen molar-refractivity contribution in [2.45, 2.75) is 25.1 Å². The summed E-state index contributed by atoms with van der Waals surface area (Å²) >= 11 is 5.97. The molecule has 1 unspecified atom stereocenters. The Bertz CT molecular complexity index is 260. The number of aryl methyl sites for hydroxylation is 1. The molecule has 80 valence electrons. The summed E-state index contributed by atoms with van der Waals surface area (Å²) in [6.45, 7) is 3.91. The lowest BCUT2D eigenvalue weighted by atomic mass is 10.3. The van der Waals surface area contributed by atoms with E-state index in [1.807, 2.05) is 24.0 Å². The number of alkyl halides is 1. The minimum Gasteiger partial charge on any atom is -0.338 e. The van der Waals surface area contributed by atoms with Gasteiger partial charge in [-0.15, -0.1) is 11.6 Å². The SMILES string of the molecule is CCC(Cl)CNCCc1nccn1C. The van der Waals surface area contributed by atoms with Gasteiger partial charge in [-0.3, -0.25) is 0 Å². The Kier molecular flexibility index (Phi) is 4.98. The third-order valence-corrected chi connectivity index (χ3v) is 2.72. The second kappa shape index (κ2) is 6.04. The molecule has 1 heterocycles. The van der Waals surface area contributed by atoms with Gasteiger partial charge in [0.15, 0.2) is 0 Å². The molecular weight excluding hydrogens is 198 g/mol. The fraction of sp³-hybridized carbons (Fsp3) is 0.700. The predicted octanol–water partition coefficient (Wildman–Crippen LogP) is 1.57. The Morgan fingerprint density at radius 2 is 2.43 bits per heavy atom. The van der Waals surface area contributed by atoms with E-state index in [1.54, 1.807) is 0 Å². The van der Waals surface area contributed by atoms with Crippen molar-refractivity contribution in [2.75, 3.05) is 13.1 Å². The maximum absolute atomic E-state index is 5.97. The van der Waals surface area contributed by atoms with E-state index in [4.69, 9.17) is 11.6 Å². The topological polar surface area (TPSA) is 29.9 Å². The van der Waals surface area contributed by atoms with Gasteiger partial charge in [0.2, 0.25) is 0 Å². The molecule has 0 aliphatic carbocycles. The van der Waals surface area contributed by atoms with E-state index in [0.717, 1.165) is 31.8 Å². The van der Waals surface area contributed by atoms with Crippen LogP contribution in [-0.2, 0) is 13.5 Å². The van der Waals surface area contributed by atoms with Crippen molar-refractivity contribution in [1.29, 1.82) is 0 Å². The van der Waals surface area contributed by atoms with Crippen LogP contribution in [0.1, 0.15) is 19.2 Å². The first-order chi connectivity index (χ1) is 6.74. The lowest BCUT2D eigenvalue weighted by Crippen LogP contribution is -2.25. The number of nitrogens with zero attached hydrogens (tertiary/aromatic N) is 2. The van der Waals surface area contributed by atoms with E-state index in [1.165, 1.54) is 0 Å². The van der Waals surface area contributed by atoms with Gasteiger partial charge in [-0.25, -0.2) is 4.98 Å². The van der Waals surface area contributed by atoms with Gasteiger partial charge in [0, 0.05) is 44.3 Å². The molecule has 0 fully saturated rings. The zero-order valence-corrected chi connectivity index (χ0v) is 9.59. The van der Waals surface area contributed by atoms with Crippen LogP contribution in [0.3, 0.4) is 0 Å². The van der Waals surface area contributed by atoms with Crippen molar-refractivity contribution in [3.05, 3.63) is 18.2 Å². The number of aromatic nitrogens is 2. The van der Waals surface area contributed by atoms with Crippen LogP contribution >= 0.6 is 11.6 Å². The number of hydrogen-bond acceptors (Lipinski definition) is 2. The average Bonchev–Trinajstić information content (AvgIpc) is 2.58. The van der Waals surface area contributed by atoms with Gasteiger partial charge in [-0.1, -0.05) is 6.92 Å². The van der Waals surface area contributed by atoms with Crippen molar-refractivity contribution >= 4 is 11.6 Å². The first kappa shape index (κ1) is 11.5. The van der Waals surface area contributed by atoms with E-state index in [2.05, 4.69) is 17.2 Å². The highest BCUT2D eigenvalue weighted by atomic mass is 35.5. The van der Waals surface area contributed by atoms with Crippen LogP contribution in [0, 0.1) is 0 Å². The molecule has 0 saturated carbocycles. The first-order valence-corrected chi connectivity index (χ1v) is 5.48. The zero-order valence-electron chi connectivity index (χ0n) is 8.83. The lowest BCUT2D eigenvalue weighted by molar-refractivity contribution is 0.627. The molecule has 0 bridgehead atoms. The van der Waals surface area contributed by atoms with Gasteiger partial charge in [0.25, 0.3) is 0 Å². The fourth-order valence-electron chi connectivity index (χ4n) is 1.24. The molecule has 4 heteroatoms. The average molecular weight is 216 g/mol. The van der Waals surface area contributed by atoms with Gasteiger partial charge in [-0.05, 0) is 6.42 Å². The Hall–Kier alpha value is -0.540. The predicted molar refractivity (Wildman–Crippen MR) is 59.7 cm³/mol. The van der Waals surface area contributed by atoms with Crippen LogP contribution < -0.4 is 5.32 Å². The van der Waals surface area contributed by atoms with Crippen LogP contribution in [0.2, 0.25) is 0 Å². The Labute approximate surface area is 90.5 Å². The van der Waals surface area contributed by atoms with Gasteiger partial charge in [0.1, 0.15) is 5.82 Å². The maximum Gasteiger partial charge on any atom is 0.109 e. The summed E-state index contributed by atoms with van der Waals surface area (Å²) in [7, 11) is 2.01. The van der Waals surface area contributed by atoms with Crippen LogP contribution in [0.25, 0.3) is 0 Å². The molecule has 0 radical (unpaired) electrons. The summed E-state index contributed by atoms with van der Waals surface area (Å²) < 4.78 is 2.04. The molecule has 0 spiro atoms. The van der Waals surface area contributed by atoms with Crippen molar-refractivity contribution in [3.63, 3.8) is 0 Å². The van der Waals surface area contributed by atoms with Crippen molar-refractivity contribution in [1.82, 2.24) is 14.9 Å². The van der Waals surface area contributed by atoms with Crippen molar-refractivity contribution in [3.8, 4) is 0 Å². The van der Waals surface area contributed by atoms with Crippen LogP contribution in [-0.4, -0.2) is 28.0 Å². The first-order valence-electron chi connectivity index (χ1n) is 5.05. The summed E-state index contributed by atoms with van der Waals surface area (Å²) in [6, 6.07) is 0. The highest BCUT2D eigenvalue weighted by Gasteiger charge is 2.01. The molecule has 0 aromatic carbocycles. The molecular formula is C10H18ClN3. The van der Waals surface area contributed by atoms with Gasteiger partial charge >= 0.3 is 0 Å². The lowest BCUT2D eigenvalue weighted by Gasteiger charge is -2.08. The Morgan fingerprint density at radius 3 is 3.00 bits per heavy atom. The Morgan fingerprint density at radius 1 is 1.64 bits per heavy atom. The molecule has 0 aliphatic rings. The van der Waals surface area contributed by atoms with Crippen molar-refractivity contribution in [2.24, 2.45) is 7.05 Å². The molecule has 1 rings (SSSR count). The largest absolute Gasteiger partial charge is 0.338 e. The summed E-state index contributed by atoms with van der Waals surface area (Å²) in [4.78, 5) is 4.24. The molecule has 0 amide bonds. The molecule has 1 aromatic heterocycles. The zero-order chi connectivity index (χ0) is 10.4. The third-order valence-electron chi connectivity index (χ3n) is 2.26.